The lowest BCUT2D eigenvalue weighted by Crippen LogP contribution is -2.05. The fourth-order valence-corrected chi connectivity index (χ4v) is 3.44. The van der Waals surface area contributed by atoms with Crippen molar-refractivity contribution < 1.29 is 0 Å². The normalized spacial score (nSPS) is 24.5. The van der Waals surface area contributed by atoms with Crippen LogP contribution in [0.4, 0.5) is 0 Å². The molecule has 0 aromatic carbocycles. The van der Waals surface area contributed by atoms with E-state index in [0.717, 1.165) is 11.8 Å². The summed E-state index contributed by atoms with van der Waals surface area (Å²) in [7, 11) is 0. The first-order valence-corrected chi connectivity index (χ1v) is 7.62. The fourth-order valence-electron chi connectivity index (χ4n) is 3.44. The van der Waals surface area contributed by atoms with Crippen molar-refractivity contribution in [3.8, 4) is 0 Å². The van der Waals surface area contributed by atoms with E-state index in [4.69, 9.17) is 0 Å². The smallest absolute Gasteiger partial charge is 0.0234 e. The summed E-state index contributed by atoms with van der Waals surface area (Å²) in [6.45, 7) is 0. The fraction of sp³-hybridized carbons (Fsp3) is 0.875. The van der Waals surface area contributed by atoms with Crippen LogP contribution < -0.4 is 0 Å². The Morgan fingerprint density at radius 1 is 0.812 bits per heavy atom. The summed E-state index contributed by atoms with van der Waals surface area (Å²) in [4.78, 5) is 0. The molecule has 0 radical (unpaired) electrons. The highest BCUT2D eigenvalue weighted by Crippen LogP contribution is 2.28. The van der Waals surface area contributed by atoms with Crippen LogP contribution in [0.25, 0.3) is 0 Å². The molecule has 0 atom stereocenters. The van der Waals surface area contributed by atoms with Crippen LogP contribution in [0, 0.1) is 11.8 Å². The van der Waals surface area contributed by atoms with Crippen molar-refractivity contribution in [1.82, 2.24) is 0 Å². The monoisotopic (exact) mass is 220 g/mol. The molecule has 0 aliphatic heterocycles. The lowest BCUT2D eigenvalue weighted by molar-refractivity contribution is 0.333. The first-order chi connectivity index (χ1) is 7.95. The molecule has 92 valence electrons. The van der Waals surface area contributed by atoms with Gasteiger partial charge < -0.3 is 0 Å². The van der Waals surface area contributed by atoms with E-state index in [9.17, 15) is 0 Å². The van der Waals surface area contributed by atoms with E-state index in [0.29, 0.717) is 0 Å². The molecule has 0 aromatic heterocycles. The van der Waals surface area contributed by atoms with Gasteiger partial charge in [-0.05, 0) is 37.5 Å². The highest BCUT2D eigenvalue weighted by atomic mass is 14.2. The third-order valence-corrected chi connectivity index (χ3v) is 4.52. The van der Waals surface area contributed by atoms with Crippen molar-refractivity contribution in [2.75, 3.05) is 0 Å². The molecular weight excluding hydrogens is 192 g/mol. The molecular formula is C16H28. The Kier molecular flexibility index (Phi) is 5.45. The summed E-state index contributed by atoms with van der Waals surface area (Å²) < 4.78 is 0. The van der Waals surface area contributed by atoms with Gasteiger partial charge in [0.05, 0.1) is 0 Å². The second-order valence-electron chi connectivity index (χ2n) is 5.91. The molecule has 16 heavy (non-hydrogen) atoms. The van der Waals surface area contributed by atoms with Crippen LogP contribution in [-0.4, -0.2) is 0 Å². The number of unbranched alkanes of at least 4 members (excludes halogenated alkanes) is 1. The summed E-state index contributed by atoms with van der Waals surface area (Å²) in [5.74, 6) is 2.02. The van der Waals surface area contributed by atoms with Gasteiger partial charge in [-0.3, -0.25) is 0 Å². The number of hydrogen-bond acceptors (Lipinski definition) is 0. The van der Waals surface area contributed by atoms with Crippen LogP contribution in [0.2, 0.25) is 0 Å². The average molecular weight is 220 g/mol. The van der Waals surface area contributed by atoms with Crippen molar-refractivity contribution >= 4 is 0 Å². The zero-order valence-electron chi connectivity index (χ0n) is 10.8. The van der Waals surface area contributed by atoms with Gasteiger partial charge in [0.1, 0.15) is 0 Å². The number of allylic oxidation sites excluding steroid dienone is 2. The van der Waals surface area contributed by atoms with Gasteiger partial charge in [-0.25, -0.2) is 0 Å². The van der Waals surface area contributed by atoms with Gasteiger partial charge in [0.25, 0.3) is 0 Å². The van der Waals surface area contributed by atoms with Gasteiger partial charge >= 0.3 is 0 Å². The first-order valence-electron chi connectivity index (χ1n) is 7.62. The lowest BCUT2D eigenvalue weighted by atomic mass is 9.86. The van der Waals surface area contributed by atoms with Gasteiger partial charge in [0, 0.05) is 0 Å². The van der Waals surface area contributed by atoms with Crippen LogP contribution in [0.5, 0.6) is 0 Å². The third-order valence-electron chi connectivity index (χ3n) is 4.52. The summed E-state index contributed by atoms with van der Waals surface area (Å²) in [6, 6.07) is 0. The van der Waals surface area contributed by atoms with Crippen LogP contribution in [0.1, 0.15) is 77.0 Å². The van der Waals surface area contributed by atoms with Crippen LogP contribution >= 0.6 is 0 Å². The minimum atomic E-state index is 0.940. The van der Waals surface area contributed by atoms with Crippen LogP contribution in [0.3, 0.4) is 0 Å². The summed E-state index contributed by atoms with van der Waals surface area (Å²) in [6.07, 6.45) is 22.6. The molecule has 0 heterocycles. The summed E-state index contributed by atoms with van der Waals surface area (Å²) >= 11 is 0. The van der Waals surface area contributed by atoms with Gasteiger partial charge in [-0.2, -0.15) is 0 Å². The molecule has 0 spiro atoms. The molecule has 0 amide bonds. The Balaban J connectivity index is 1.50. The molecule has 0 heteroatoms. The molecule has 0 unspecified atom stereocenters. The summed E-state index contributed by atoms with van der Waals surface area (Å²) in [5.41, 5.74) is 0. The van der Waals surface area contributed by atoms with Crippen molar-refractivity contribution in [1.29, 1.82) is 0 Å². The van der Waals surface area contributed by atoms with Crippen LogP contribution in [-0.2, 0) is 0 Å². The number of hydrogen-bond donors (Lipinski definition) is 0. The molecule has 0 saturated heterocycles. The highest BCUT2D eigenvalue weighted by molar-refractivity contribution is 4.90. The van der Waals surface area contributed by atoms with Gasteiger partial charge in [-0.15, -0.1) is 0 Å². The molecule has 0 nitrogen and oxygen atoms in total. The predicted octanol–water partition coefficient (Wildman–Crippen LogP) is 5.48. The SMILES string of the molecule is C(=C\C1CCCC1)/CCCC1CCCCC1. The van der Waals surface area contributed by atoms with E-state index in [1.54, 1.807) is 0 Å². The Labute approximate surface area is 102 Å². The minimum Gasteiger partial charge on any atom is -0.0883 e. The highest BCUT2D eigenvalue weighted by Gasteiger charge is 2.12. The second-order valence-corrected chi connectivity index (χ2v) is 5.91. The number of rotatable bonds is 5. The topological polar surface area (TPSA) is 0 Å². The van der Waals surface area contributed by atoms with Gasteiger partial charge in [0.2, 0.25) is 0 Å². The third kappa shape index (κ3) is 4.31. The van der Waals surface area contributed by atoms with Crippen LogP contribution in [0.15, 0.2) is 12.2 Å². The Hall–Kier alpha value is -0.260. The molecule has 2 saturated carbocycles. The van der Waals surface area contributed by atoms with E-state index in [-0.39, 0.29) is 0 Å². The predicted molar refractivity (Wildman–Crippen MR) is 71.5 cm³/mol. The maximum absolute atomic E-state index is 2.51. The van der Waals surface area contributed by atoms with E-state index >= 15 is 0 Å². The molecule has 0 aromatic rings. The van der Waals surface area contributed by atoms with Crippen molar-refractivity contribution in [3.05, 3.63) is 12.2 Å². The van der Waals surface area contributed by atoms with E-state index in [1.807, 2.05) is 0 Å². The Morgan fingerprint density at radius 3 is 2.25 bits per heavy atom. The largest absolute Gasteiger partial charge is 0.0883 e. The quantitative estimate of drug-likeness (QED) is 0.425. The molecule has 0 N–H and O–H groups in total. The molecule has 2 aliphatic carbocycles. The average Bonchev–Trinajstić information content (AvgIpc) is 2.83. The van der Waals surface area contributed by atoms with Gasteiger partial charge in [-0.1, -0.05) is 63.5 Å². The van der Waals surface area contributed by atoms with E-state index in [1.165, 1.54) is 77.0 Å². The Bertz CT molecular complexity index is 192. The van der Waals surface area contributed by atoms with Crippen molar-refractivity contribution in [2.24, 2.45) is 11.8 Å². The summed E-state index contributed by atoms with van der Waals surface area (Å²) in [5, 5.41) is 0. The lowest BCUT2D eigenvalue weighted by Gasteiger charge is -2.20. The van der Waals surface area contributed by atoms with Crippen molar-refractivity contribution in [3.63, 3.8) is 0 Å². The molecule has 2 fully saturated rings. The molecule has 0 bridgehead atoms. The zero-order valence-corrected chi connectivity index (χ0v) is 10.8. The Morgan fingerprint density at radius 2 is 1.50 bits per heavy atom. The van der Waals surface area contributed by atoms with Gasteiger partial charge in [0.15, 0.2) is 0 Å². The first kappa shape index (κ1) is 12.2. The zero-order chi connectivity index (χ0) is 11.1. The maximum atomic E-state index is 2.51. The van der Waals surface area contributed by atoms with E-state index < -0.39 is 0 Å². The maximum Gasteiger partial charge on any atom is -0.0234 e. The van der Waals surface area contributed by atoms with E-state index in [2.05, 4.69) is 12.2 Å². The second kappa shape index (κ2) is 7.14. The van der Waals surface area contributed by atoms with Crippen molar-refractivity contribution in [2.45, 2.75) is 77.0 Å². The molecule has 2 aliphatic rings. The molecule has 2 rings (SSSR count). The standard InChI is InChI=1S/C16H28/c1-3-9-15(10-4-1)11-5-2-6-12-16-13-7-8-14-16/h6,12,15-16H,1-5,7-11,13-14H2/b12-6+. The minimum absolute atomic E-state index is 0.940.